The highest BCUT2D eigenvalue weighted by atomic mass is 35.5. The molecule has 0 spiro atoms. The highest BCUT2D eigenvalue weighted by molar-refractivity contribution is 6.42. The van der Waals surface area contributed by atoms with Crippen LogP contribution in [0.1, 0.15) is 16.1 Å². The van der Waals surface area contributed by atoms with Crippen molar-refractivity contribution in [3.05, 3.63) is 106 Å². The van der Waals surface area contributed by atoms with Crippen LogP contribution in [-0.4, -0.2) is 15.5 Å². The van der Waals surface area contributed by atoms with E-state index in [0.717, 1.165) is 12.1 Å². The summed E-state index contributed by atoms with van der Waals surface area (Å²) >= 11 is 12.2. The highest BCUT2D eigenvalue weighted by Gasteiger charge is 2.14. The Hall–Kier alpha value is -3.22. The van der Waals surface area contributed by atoms with E-state index in [-0.39, 0.29) is 12.5 Å². The average molecular weight is 458 g/mol. The van der Waals surface area contributed by atoms with Crippen LogP contribution in [0.25, 0.3) is 16.8 Å². The minimum Gasteiger partial charge on any atom is -0.347 e. The van der Waals surface area contributed by atoms with E-state index in [9.17, 15) is 13.6 Å². The van der Waals surface area contributed by atoms with Crippen LogP contribution in [0.2, 0.25) is 10.0 Å². The first-order valence-electron chi connectivity index (χ1n) is 9.23. The SMILES string of the molecule is O=C(NCc1cccc(Cl)c1Cl)c1cncn1-c1ccc(-c2ccc(F)c(F)c2)cc1. The van der Waals surface area contributed by atoms with E-state index in [4.69, 9.17) is 23.2 Å². The second kappa shape index (κ2) is 8.88. The zero-order valence-electron chi connectivity index (χ0n) is 15.9. The molecule has 0 saturated carbocycles. The largest absolute Gasteiger partial charge is 0.347 e. The third kappa shape index (κ3) is 4.45. The van der Waals surface area contributed by atoms with E-state index in [2.05, 4.69) is 10.3 Å². The average Bonchev–Trinajstić information content (AvgIpc) is 3.27. The summed E-state index contributed by atoms with van der Waals surface area (Å²) in [5.41, 5.74) is 2.98. The van der Waals surface area contributed by atoms with Gasteiger partial charge in [-0.2, -0.15) is 0 Å². The molecule has 0 saturated heterocycles. The Morgan fingerprint density at radius 2 is 1.71 bits per heavy atom. The lowest BCUT2D eigenvalue weighted by molar-refractivity contribution is 0.0944. The third-order valence-corrected chi connectivity index (χ3v) is 5.60. The molecular weight excluding hydrogens is 443 g/mol. The van der Waals surface area contributed by atoms with Crippen LogP contribution >= 0.6 is 23.2 Å². The van der Waals surface area contributed by atoms with Gasteiger partial charge in [-0.05, 0) is 47.0 Å². The fourth-order valence-electron chi connectivity index (χ4n) is 3.11. The van der Waals surface area contributed by atoms with Gasteiger partial charge in [0.1, 0.15) is 5.69 Å². The van der Waals surface area contributed by atoms with Crippen LogP contribution in [0.15, 0.2) is 73.2 Å². The van der Waals surface area contributed by atoms with Crippen molar-refractivity contribution in [1.29, 1.82) is 0 Å². The van der Waals surface area contributed by atoms with E-state index in [1.165, 1.54) is 18.6 Å². The number of carbonyl (C=O) groups excluding carboxylic acids is 1. The molecule has 31 heavy (non-hydrogen) atoms. The molecule has 0 aliphatic rings. The van der Waals surface area contributed by atoms with Gasteiger partial charge in [0.15, 0.2) is 11.6 Å². The number of nitrogens with one attached hydrogen (secondary N) is 1. The number of hydrogen-bond acceptors (Lipinski definition) is 2. The zero-order valence-corrected chi connectivity index (χ0v) is 17.5. The third-order valence-electron chi connectivity index (χ3n) is 4.74. The van der Waals surface area contributed by atoms with E-state index >= 15 is 0 Å². The van der Waals surface area contributed by atoms with Gasteiger partial charge in [0.25, 0.3) is 5.91 Å². The molecule has 156 valence electrons. The topological polar surface area (TPSA) is 46.9 Å². The standard InChI is InChI=1S/C23H15Cl2F2N3O/c24-18-3-1-2-16(22(18)25)11-29-23(31)21-12-28-13-30(21)17-7-4-14(5-8-17)15-6-9-19(26)20(27)10-15/h1-10,12-13H,11H2,(H,29,31). The molecule has 0 aliphatic heterocycles. The lowest BCUT2D eigenvalue weighted by Crippen LogP contribution is -2.25. The quantitative estimate of drug-likeness (QED) is 0.396. The van der Waals surface area contributed by atoms with E-state index in [0.29, 0.717) is 38.1 Å². The van der Waals surface area contributed by atoms with Crippen molar-refractivity contribution in [3.8, 4) is 16.8 Å². The number of nitrogens with zero attached hydrogens (tertiary/aromatic N) is 2. The molecule has 1 aromatic heterocycles. The van der Waals surface area contributed by atoms with Crippen molar-refractivity contribution in [1.82, 2.24) is 14.9 Å². The van der Waals surface area contributed by atoms with Gasteiger partial charge in [0, 0.05) is 12.2 Å². The zero-order chi connectivity index (χ0) is 22.0. The molecule has 4 nitrogen and oxygen atoms in total. The number of carbonyl (C=O) groups is 1. The van der Waals surface area contributed by atoms with Gasteiger partial charge < -0.3 is 5.32 Å². The van der Waals surface area contributed by atoms with Gasteiger partial charge in [-0.15, -0.1) is 0 Å². The Labute approximate surface area is 187 Å². The lowest BCUT2D eigenvalue weighted by atomic mass is 10.1. The Kier molecular flexibility index (Phi) is 6.02. The fourth-order valence-corrected chi connectivity index (χ4v) is 3.50. The molecule has 0 aliphatic carbocycles. The second-order valence-electron chi connectivity index (χ2n) is 6.72. The first kappa shape index (κ1) is 21.0. The predicted molar refractivity (Wildman–Crippen MR) is 117 cm³/mol. The van der Waals surface area contributed by atoms with Crippen LogP contribution in [0.4, 0.5) is 8.78 Å². The lowest BCUT2D eigenvalue weighted by Gasteiger charge is -2.11. The van der Waals surface area contributed by atoms with Gasteiger partial charge in [-0.1, -0.05) is 53.5 Å². The van der Waals surface area contributed by atoms with Crippen molar-refractivity contribution in [2.45, 2.75) is 6.54 Å². The van der Waals surface area contributed by atoms with E-state index in [1.54, 1.807) is 47.0 Å². The van der Waals surface area contributed by atoms with Crippen molar-refractivity contribution < 1.29 is 13.6 Å². The van der Waals surface area contributed by atoms with Crippen molar-refractivity contribution in [2.75, 3.05) is 0 Å². The number of halogens is 4. The maximum Gasteiger partial charge on any atom is 0.270 e. The molecule has 4 rings (SSSR count). The molecule has 3 aromatic carbocycles. The Balaban J connectivity index is 1.53. The number of rotatable bonds is 5. The summed E-state index contributed by atoms with van der Waals surface area (Å²) in [5.74, 6) is -2.14. The second-order valence-corrected chi connectivity index (χ2v) is 7.51. The summed E-state index contributed by atoms with van der Waals surface area (Å²) in [4.78, 5) is 16.8. The van der Waals surface area contributed by atoms with Crippen LogP contribution in [0.5, 0.6) is 0 Å². The van der Waals surface area contributed by atoms with E-state index in [1.807, 2.05) is 0 Å². The van der Waals surface area contributed by atoms with Gasteiger partial charge in [0.05, 0.1) is 22.6 Å². The van der Waals surface area contributed by atoms with Crippen LogP contribution < -0.4 is 5.32 Å². The van der Waals surface area contributed by atoms with Crippen LogP contribution in [0.3, 0.4) is 0 Å². The summed E-state index contributed by atoms with van der Waals surface area (Å²) < 4.78 is 28.3. The molecule has 0 radical (unpaired) electrons. The van der Waals surface area contributed by atoms with Crippen LogP contribution in [0, 0.1) is 11.6 Å². The Bertz CT molecular complexity index is 1260. The van der Waals surface area contributed by atoms with Gasteiger partial charge in [0.2, 0.25) is 0 Å². The molecule has 8 heteroatoms. The number of imidazole rings is 1. The smallest absolute Gasteiger partial charge is 0.270 e. The molecule has 0 atom stereocenters. The van der Waals surface area contributed by atoms with Crippen molar-refractivity contribution >= 4 is 29.1 Å². The summed E-state index contributed by atoms with van der Waals surface area (Å²) in [6, 6.07) is 16.0. The molecule has 4 aromatic rings. The van der Waals surface area contributed by atoms with Gasteiger partial charge in [-0.25, -0.2) is 13.8 Å². The minimum absolute atomic E-state index is 0.207. The summed E-state index contributed by atoms with van der Waals surface area (Å²) in [6.45, 7) is 0.207. The first-order valence-corrected chi connectivity index (χ1v) is 9.99. The Morgan fingerprint density at radius 1 is 0.968 bits per heavy atom. The van der Waals surface area contributed by atoms with Gasteiger partial charge in [-0.3, -0.25) is 9.36 Å². The Morgan fingerprint density at radius 3 is 2.45 bits per heavy atom. The molecule has 1 N–H and O–H groups in total. The number of amides is 1. The van der Waals surface area contributed by atoms with Gasteiger partial charge >= 0.3 is 0 Å². The first-order chi connectivity index (χ1) is 14.9. The number of hydrogen-bond donors (Lipinski definition) is 1. The normalized spacial score (nSPS) is 10.8. The summed E-state index contributed by atoms with van der Waals surface area (Å²) in [5, 5.41) is 3.62. The minimum atomic E-state index is -0.907. The molecule has 0 bridgehead atoms. The molecule has 1 heterocycles. The maximum atomic E-state index is 13.5. The summed E-state index contributed by atoms with van der Waals surface area (Å²) in [7, 11) is 0. The fraction of sp³-hybridized carbons (Fsp3) is 0.0435. The molecule has 1 amide bonds. The molecule has 0 unspecified atom stereocenters. The number of benzene rings is 3. The van der Waals surface area contributed by atoms with Crippen molar-refractivity contribution in [3.63, 3.8) is 0 Å². The molecular formula is C23H15Cl2F2N3O. The van der Waals surface area contributed by atoms with Crippen LogP contribution in [-0.2, 0) is 6.54 Å². The monoisotopic (exact) mass is 457 g/mol. The van der Waals surface area contributed by atoms with Crippen molar-refractivity contribution in [2.24, 2.45) is 0 Å². The molecule has 0 fully saturated rings. The number of aromatic nitrogens is 2. The predicted octanol–water partition coefficient (Wildman–Crippen LogP) is 6.05. The van der Waals surface area contributed by atoms with E-state index < -0.39 is 11.6 Å². The summed E-state index contributed by atoms with van der Waals surface area (Å²) in [6.07, 6.45) is 2.98. The maximum absolute atomic E-state index is 13.5. The highest BCUT2D eigenvalue weighted by Crippen LogP contribution is 2.26.